The van der Waals surface area contributed by atoms with Crippen molar-refractivity contribution in [2.45, 2.75) is 13.3 Å². The summed E-state index contributed by atoms with van der Waals surface area (Å²) in [5.74, 6) is 0.842. The molecule has 106 valence electrons. The molecule has 0 heterocycles. The molecule has 1 rings (SSSR count). The Kier molecular flexibility index (Phi) is 6.74. The van der Waals surface area contributed by atoms with Gasteiger partial charge in [0.05, 0.1) is 13.2 Å². The van der Waals surface area contributed by atoms with Crippen LogP contribution in [0.5, 0.6) is 5.75 Å². The van der Waals surface area contributed by atoms with Crippen molar-refractivity contribution < 1.29 is 14.6 Å². The quantitative estimate of drug-likeness (QED) is 0.733. The highest BCUT2D eigenvalue weighted by Crippen LogP contribution is 2.11. The molecule has 0 aliphatic heterocycles. The molecule has 0 aromatic heterocycles. The van der Waals surface area contributed by atoms with Gasteiger partial charge in [-0.2, -0.15) is 0 Å². The van der Waals surface area contributed by atoms with E-state index in [4.69, 9.17) is 9.84 Å². The first kappa shape index (κ1) is 15.3. The van der Waals surface area contributed by atoms with E-state index in [0.717, 1.165) is 12.2 Å². The topological polar surface area (TPSA) is 61.8 Å². The molecule has 0 spiro atoms. The van der Waals surface area contributed by atoms with Crippen LogP contribution in [0.1, 0.15) is 12.0 Å². The number of aryl methyl sites for hydroxylation is 1. The molecule has 19 heavy (non-hydrogen) atoms. The number of amides is 2. The average molecular weight is 266 g/mol. The number of carbonyl (C=O) groups is 1. The molecule has 0 atom stereocenters. The van der Waals surface area contributed by atoms with Gasteiger partial charge >= 0.3 is 6.03 Å². The highest BCUT2D eigenvalue weighted by atomic mass is 16.5. The molecule has 5 nitrogen and oxygen atoms in total. The van der Waals surface area contributed by atoms with Gasteiger partial charge in [-0.25, -0.2) is 4.79 Å². The Labute approximate surface area is 114 Å². The molecule has 0 saturated carbocycles. The summed E-state index contributed by atoms with van der Waals surface area (Å²) in [6.07, 6.45) is 0.743. The minimum absolute atomic E-state index is 0.0273. The molecule has 2 N–H and O–H groups in total. The van der Waals surface area contributed by atoms with E-state index in [0.29, 0.717) is 19.7 Å². The van der Waals surface area contributed by atoms with Gasteiger partial charge in [0.15, 0.2) is 0 Å². The second kappa shape index (κ2) is 8.37. The van der Waals surface area contributed by atoms with Crippen LogP contribution in [0.3, 0.4) is 0 Å². The van der Waals surface area contributed by atoms with E-state index in [1.807, 2.05) is 31.2 Å². The number of nitrogens with zero attached hydrogens (tertiary/aromatic N) is 1. The van der Waals surface area contributed by atoms with Crippen molar-refractivity contribution in [3.8, 4) is 5.75 Å². The number of carbonyl (C=O) groups excluding carboxylic acids is 1. The van der Waals surface area contributed by atoms with Crippen LogP contribution in [0.2, 0.25) is 0 Å². The number of urea groups is 1. The lowest BCUT2D eigenvalue weighted by Gasteiger charge is -2.16. The minimum Gasteiger partial charge on any atom is -0.494 e. The van der Waals surface area contributed by atoms with Crippen LogP contribution in [-0.4, -0.2) is 49.4 Å². The molecule has 0 radical (unpaired) electrons. The van der Waals surface area contributed by atoms with Gasteiger partial charge in [0.2, 0.25) is 0 Å². The van der Waals surface area contributed by atoms with Crippen LogP contribution in [0.4, 0.5) is 4.79 Å². The highest BCUT2D eigenvalue weighted by Gasteiger charge is 2.05. The summed E-state index contributed by atoms with van der Waals surface area (Å²) in [6.45, 7) is 3.46. The van der Waals surface area contributed by atoms with Crippen molar-refractivity contribution in [3.63, 3.8) is 0 Å². The van der Waals surface area contributed by atoms with Crippen LogP contribution < -0.4 is 10.1 Å². The maximum atomic E-state index is 11.5. The maximum Gasteiger partial charge on any atom is 0.317 e. The fourth-order valence-electron chi connectivity index (χ4n) is 1.48. The van der Waals surface area contributed by atoms with Crippen molar-refractivity contribution in [1.82, 2.24) is 10.2 Å². The van der Waals surface area contributed by atoms with Crippen LogP contribution >= 0.6 is 0 Å². The van der Waals surface area contributed by atoms with Crippen molar-refractivity contribution in [2.75, 3.05) is 33.4 Å². The fourth-order valence-corrected chi connectivity index (χ4v) is 1.48. The van der Waals surface area contributed by atoms with Crippen LogP contribution in [0.15, 0.2) is 24.3 Å². The van der Waals surface area contributed by atoms with Crippen molar-refractivity contribution in [3.05, 3.63) is 29.8 Å². The molecule has 1 aromatic rings. The summed E-state index contributed by atoms with van der Waals surface area (Å²) in [5.41, 5.74) is 1.20. The number of ether oxygens (including phenoxy) is 1. The predicted molar refractivity (Wildman–Crippen MR) is 74.4 cm³/mol. The Bertz CT molecular complexity index is 379. The molecule has 0 fully saturated rings. The third-order valence-electron chi connectivity index (χ3n) is 2.67. The minimum atomic E-state index is -0.176. The third-order valence-corrected chi connectivity index (χ3v) is 2.67. The molecule has 0 saturated heterocycles. The van der Waals surface area contributed by atoms with Gasteiger partial charge in [0, 0.05) is 20.1 Å². The number of aliphatic hydroxyl groups is 1. The first-order chi connectivity index (χ1) is 9.13. The molecular weight excluding hydrogens is 244 g/mol. The Morgan fingerprint density at radius 1 is 1.37 bits per heavy atom. The predicted octanol–water partition coefficient (Wildman–Crippen LogP) is 1.40. The lowest BCUT2D eigenvalue weighted by atomic mass is 10.2. The van der Waals surface area contributed by atoms with Gasteiger partial charge in [-0.1, -0.05) is 17.7 Å². The van der Waals surface area contributed by atoms with Crippen molar-refractivity contribution in [1.29, 1.82) is 0 Å². The number of hydrogen-bond donors (Lipinski definition) is 2. The summed E-state index contributed by atoms with van der Waals surface area (Å²) in [5, 5.41) is 11.5. The second-order valence-electron chi connectivity index (χ2n) is 4.39. The summed E-state index contributed by atoms with van der Waals surface area (Å²) in [4.78, 5) is 12.9. The average Bonchev–Trinajstić information content (AvgIpc) is 2.40. The Morgan fingerprint density at radius 3 is 2.68 bits per heavy atom. The van der Waals surface area contributed by atoms with E-state index in [1.165, 1.54) is 10.5 Å². The van der Waals surface area contributed by atoms with Gasteiger partial charge in [-0.15, -0.1) is 0 Å². The molecular formula is C14H22N2O3. The zero-order valence-electron chi connectivity index (χ0n) is 11.6. The van der Waals surface area contributed by atoms with Gasteiger partial charge in [0.25, 0.3) is 0 Å². The fraction of sp³-hybridized carbons (Fsp3) is 0.500. The zero-order chi connectivity index (χ0) is 14.1. The Morgan fingerprint density at radius 2 is 2.05 bits per heavy atom. The number of hydrogen-bond acceptors (Lipinski definition) is 3. The van der Waals surface area contributed by atoms with Gasteiger partial charge in [0.1, 0.15) is 5.75 Å². The van der Waals surface area contributed by atoms with Crippen molar-refractivity contribution >= 4 is 6.03 Å². The number of benzene rings is 1. The molecule has 2 amide bonds. The summed E-state index contributed by atoms with van der Waals surface area (Å²) in [6, 6.07) is 7.69. The highest BCUT2D eigenvalue weighted by molar-refractivity contribution is 5.73. The molecule has 0 aliphatic carbocycles. The number of rotatable bonds is 7. The number of nitrogens with one attached hydrogen (secondary N) is 1. The molecule has 0 aliphatic rings. The Balaban J connectivity index is 2.11. The maximum absolute atomic E-state index is 11.5. The Hall–Kier alpha value is -1.75. The van der Waals surface area contributed by atoms with E-state index in [2.05, 4.69) is 5.32 Å². The number of aliphatic hydroxyl groups excluding tert-OH is 1. The smallest absolute Gasteiger partial charge is 0.317 e. The lowest BCUT2D eigenvalue weighted by Crippen LogP contribution is -2.39. The van der Waals surface area contributed by atoms with Crippen LogP contribution in [-0.2, 0) is 0 Å². The summed E-state index contributed by atoms with van der Waals surface area (Å²) >= 11 is 0. The van der Waals surface area contributed by atoms with E-state index >= 15 is 0 Å². The zero-order valence-corrected chi connectivity index (χ0v) is 11.6. The first-order valence-corrected chi connectivity index (χ1v) is 6.43. The monoisotopic (exact) mass is 266 g/mol. The van der Waals surface area contributed by atoms with Gasteiger partial charge < -0.3 is 20.1 Å². The van der Waals surface area contributed by atoms with Gasteiger partial charge in [-0.3, -0.25) is 0 Å². The van der Waals surface area contributed by atoms with Gasteiger partial charge in [-0.05, 0) is 25.5 Å². The van der Waals surface area contributed by atoms with E-state index in [1.54, 1.807) is 7.05 Å². The molecule has 0 bridgehead atoms. The molecule has 1 aromatic carbocycles. The molecule has 0 unspecified atom stereocenters. The third kappa shape index (κ3) is 6.10. The molecule has 5 heteroatoms. The van der Waals surface area contributed by atoms with Crippen LogP contribution in [0.25, 0.3) is 0 Å². The van der Waals surface area contributed by atoms with Crippen LogP contribution in [0, 0.1) is 6.92 Å². The van der Waals surface area contributed by atoms with E-state index in [9.17, 15) is 4.79 Å². The largest absolute Gasteiger partial charge is 0.494 e. The summed E-state index contributed by atoms with van der Waals surface area (Å²) < 4.78 is 5.55. The number of likely N-dealkylation sites (N-methyl/N-ethyl adjacent to an activating group) is 1. The van der Waals surface area contributed by atoms with E-state index < -0.39 is 0 Å². The summed E-state index contributed by atoms with van der Waals surface area (Å²) in [7, 11) is 1.65. The second-order valence-corrected chi connectivity index (χ2v) is 4.39. The lowest BCUT2D eigenvalue weighted by molar-refractivity contribution is 0.189. The van der Waals surface area contributed by atoms with Crippen molar-refractivity contribution in [2.24, 2.45) is 0 Å². The normalized spacial score (nSPS) is 10.1. The van der Waals surface area contributed by atoms with E-state index in [-0.39, 0.29) is 12.6 Å². The SMILES string of the molecule is Cc1ccc(OCCCNC(=O)N(C)CCO)cc1. The standard InChI is InChI=1S/C14H22N2O3/c1-12-4-6-13(7-5-12)19-11-3-8-15-14(18)16(2)9-10-17/h4-7,17H,3,8-11H2,1-2H3,(H,15,18). The first-order valence-electron chi connectivity index (χ1n) is 6.43.